The summed E-state index contributed by atoms with van der Waals surface area (Å²) in [5.74, 6) is 0.546. The van der Waals surface area contributed by atoms with Crippen LogP contribution in [0.5, 0.6) is 11.5 Å². The molecule has 2 N–H and O–H groups in total. The Morgan fingerprint density at radius 1 is 1.00 bits per heavy atom. The van der Waals surface area contributed by atoms with E-state index in [-0.39, 0.29) is 5.91 Å². The number of carbonyl (C=O) groups is 2. The summed E-state index contributed by atoms with van der Waals surface area (Å²) in [5, 5.41) is 7.00. The Hall–Kier alpha value is -4.65. The first-order valence-electron chi connectivity index (χ1n) is 10.2. The molecule has 0 radical (unpaired) electrons. The topological polar surface area (TPSA) is 89.5 Å². The minimum atomic E-state index is -0.422. The van der Waals surface area contributed by atoms with E-state index in [1.807, 2.05) is 36.4 Å². The fourth-order valence-corrected chi connectivity index (χ4v) is 3.70. The Morgan fingerprint density at radius 3 is 2.67 bits per heavy atom. The minimum Gasteiger partial charge on any atom is -0.465 e. The number of ether oxygens (including phenoxy) is 2. The average molecular weight is 437 g/mol. The molecule has 3 aromatic carbocycles. The first-order valence-corrected chi connectivity index (χ1v) is 10.2. The van der Waals surface area contributed by atoms with Gasteiger partial charge >= 0.3 is 5.97 Å². The summed E-state index contributed by atoms with van der Waals surface area (Å²) in [7, 11) is 1.34. The van der Waals surface area contributed by atoms with Crippen LogP contribution in [0.4, 0.5) is 11.4 Å². The monoisotopic (exact) mass is 437 g/mol. The van der Waals surface area contributed by atoms with E-state index in [0.717, 1.165) is 27.8 Å². The maximum atomic E-state index is 12.6. The second-order valence-corrected chi connectivity index (χ2v) is 7.36. The van der Waals surface area contributed by atoms with E-state index in [0.29, 0.717) is 22.6 Å². The average Bonchev–Trinajstić information content (AvgIpc) is 3.18. The van der Waals surface area contributed by atoms with Crippen LogP contribution in [0.15, 0.2) is 85.2 Å². The smallest absolute Gasteiger partial charge is 0.337 e. The lowest BCUT2D eigenvalue weighted by Gasteiger charge is -2.09. The molecule has 1 amide bonds. The van der Waals surface area contributed by atoms with Crippen molar-refractivity contribution in [3.8, 4) is 11.5 Å². The van der Waals surface area contributed by atoms with Crippen LogP contribution in [-0.2, 0) is 9.53 Å². The molecule has 5 rings (SSSR count). The van der Waals surface area contributed by atoms with Crippen LogP contribution >= 0.6 is 0 Å². The lowest BCUT2D eigenvalue weighted by molar-refractivity contribution is -0.110. The number of rotatable bonds is 5. The fraction of sp³-hybridized carbons (Fsp3) is 0.0385. The zero-order valence-electron chi connectivity index (χ0n) is 17.7. The molecule has 0 saturated carbocycles. The molecule has 7 nitrogen and oxygen atoms in total. The zero-order chi connectivity index (χ0) is 22.8. The van der Waals surface area contributed by atoms with Crippen LogP contribution in [0.2, 0.25) is 0 Å². The molecule has 33 heavy (non-hydrogen) atoms. The van der Waals surface area contributed by atoms with E-state index in [1.165, 1.54) is 7.11 Å². The Morgan fingerprint density at radius 2 is 1.85 bits per heavy atom. The first-order chi connectivity index (χ1) is 16.1. The SMILES string of the molecule is COC(=O)c1cccc(Oc2ccc(N/C=C3\C(=O)Nc4ccc5ncccc5c43)cc2)c1. The molecule has 0 spiro atoms. The van der Waals surface area contributed by atoms with Gasteiger partial charge < -0.3 is 20.1 Å². The lowest BCUT2D eigenvalue weighted by atomic mass is 10.0. The Bertz CT molecular complexity index is 1410. The summed E-state index contributed by atoms with van der Waals surface area (Å²) in [4.78, 5) is 28.6. The van der Waals surface area contributed by atoms with E-state index < -0.39 is 5.97 Å². The number of amides is 1. The van der Waals surface area contributed by atoms with Gasteiger partial charge in [0.05, 0.1) is 23.8 Å². The molecule has 0 atom stereocenters. The highest BCUT2D eigenvalue weighted by atomic mass is 16.5. The molecule has 0 bridgehead atoms. The molecule has 162 valence electrons. The van der Waals surface area contributed by atoms with E-state index in [1.54, 1.807) is 48.8 Å². The number of nitrogens with one attached hydrogen (secondary N) is 2. The number of methoxy groups -OCH3 is 1. The van der Waals surface area contributed by atoms with Gasteiger partial charge in [0.25, 0.3) is 5.91 Å². The number of hydrogen-bond acceptors (Lipinski definition) is 6. The largest absolute Gasteiger partial charge is 0.465 e. The van der Waals surface area contributed by atoms with Crippen molar-refractivity contribution in [1.82, 2.24) is 4.98 Å². The van der Waals surface area contributed by atoms with Gasteiger partial charge in [-0.25, -0.2) is 4.79 Å². The Kier molecular flexibility index (Phi) is 5.20. The van der Waals surface area contributed by atoms with Crippen molar-refractivity contribution in [3.63, 3.8) is 0 Å². The third-order valence-corrected chi connectivity index (χ3v) is 5.28. The Balaban J connectivity index is 1.34. The summed E-state index contributed by atoms with van der Waals surface area (Å²) >= 11 is 0. The van der Waals surface area contributed by atoms with Crippen LogP contribution in [0.3, 0.4) is 0 Å². The molecule has 0 fully saturated rings. The van der Waals surface area contributed by atoms with Gasteiger partial charge in [-0.05, 0) is 60.7 Å². The molecule has 7 heteroatoms. The molecule has 1 aliphatic heterocycles. The highest BCUT2D eigenvalue weighted by molar-refractivity contribution is 6.34. The van der Waals surface area contributed by atoms with Crippen LogP contribution in [0, 0.1) is 0 Å². The molecular formula is C26H19N3O4. The van der Waals surface area contributed by atoms with Gasteiger partial charge in [-0.2, -0.15) is 0 Å². The number of hydrogen-bond donors (Lipinski definition) is 2. The summed E-state index contributed by atoms with van der Waals surface area (Å²) < 4.78 is 10.6. The molecule has 2 heterocycles. The summed E-state index contributed by atoms with van der Waals surface area (Å²) in [6.45, 7) is 0. The van der Waals surface area contributed by atoms with Crippen molar-refractivity contribution in [2.24, 2.45) is 0 Å². The third-order valence-electron chi connectivity index (χ3n) is 5.28. The van der Waals surface area contributed by atoms with Gasteiger partial charge in [-0.3, -0.25) is 9.78 Å². The van der Waals surface area contributed by atoms with Crippen LogP contribution in [0.1, 0.15) is 15.9 Å². The predicted molar refractivity (Wildman–Crippen MR) is 126 cm³/mol. The summed E-state index contributed by atoms with van der Waals surface area (Å²) in [6.07, 6.45) is 3.43. The van der Waals surface area contributed by atoms with Crippen molar-refractivity contribution >= 4 is 39.7 Å². The maximum Gasteiger partial charge on any atom is 0.337 e. The predicted octanol–water partition coefficient (Wildman–Crippen LogP) is 5.22. The van der Waals surface area contributed by atoms with Crippen molar-refractivity contribution in [3.05, 3.63) is 96.3 Å². The van der Waals surface area contributed by atoms with E-state index in [9.17, 15) is 9.59 Å². The first kappa shape index (κ1) is 20.3. The number of anilines is 2. The third kappa shape index (κ3) is 3.99. The lowest BCUT2D eigenvalue weighted by Crippen LogP contribution is -2.05. The molecule has 4 aromatic rings. The molecule has 1 aromatic heterocycles. The minimum absolute atomic E-state index is 0.167. The normalized spacial score (nSPS) is 13.5. The standard InChI is InChI=1S/C26H19N3O4/c1-32-26(31)16-4-2-5-19(14-16)33-18-9-7-17(8-10-18)28-15-21-24-20-6-3-13-27-22(20)11-12-23(24)29-25(21)30/h2-15,28H,1H3,(H,29,30)/b21-15-. The number of esters is 1. The fourth-order valence-electron chi connectivity index (χ4n) is 3.70. The molecule has 1 aliphatic rings. The van der Waals surface area contributed by atoms with Crippen LogP contribution in [0.25, 0.3) is 16.5 Å². The van der Waals surface area contributed by atoms with Crippen molar-refractivity contribution in [1.29, 1.82) is 0 Å². The van der Waals surface area contributed by atoms with Crippen molar-refractivity contribution in [2.45, 2.75) is 0 Å². The number of fused-ring (bicyclic) bond motifs is 3. The van der Waals surface area contributed by atoms with Crippen molar-refractivity contribution < 1.29 is 19.1 Å². The molecule has 0 unspecified atom stereocenters. The molecule has 0 aliphatic carbocycles. The van der Waals surface area contributed by atoms with E-state index >= 15 is 0 Å². The van der Waals surface area contributed by atoms with Gasteiger partial charge in [-0.1, -0.05) is 12.1 Å². The number of benzene rings is 3. The van der Waals surface area contributed by atoms with Crippen LogP contribution in [-0.4, -0.2) is 24.0 Å². The van der Waals surface area contributed by atoms with Gasteiger partial charge in [0, 0.05) is 34.7 Å². The summed E-state index contributed by atoms with van der Waals surface area (Å²) in [5.41, 5.74) is 4.19. The number of aromatic nitrogens is 1. The number of nitrogens with zero attached hydrogens (tertiary/aromatic N) is 1. The summed E-state index contributed by atoms with van der Waals surface area (Å²) in [6, 6.07) is 21.6. The van der Waals surface area contributed by atoms with Gasteiger partial charge in [0.15, 0.2) is 0 Å². The Labute approximate surface area is 189 Å². The molecular weight excluding hydrogens is 418 g/mol. The van der Waals surface area contributed by atoms with Gasteiger partial charge in [0.2, 0.25) is 0 Å². The van der Waals surface area contributed by atoms with Gasteiger partial charge in [-0.15, -0.1) is 0 Å². The number of carbonyl (C=O) groups excluding carboxylic acids is 2. The van der Waals surface area contributed by atoms with Crippen molar-refractivity contribution in [2.75, 3.05) is 17.7 Å². The highest BCUT2D eigenvalue weighted by Crippen LogP contribution is 2.37. The maximum absolute atomic E-state index is 12.6. The quantitative estimate of drug-likeness (QED) is 0.329. The van der Waals surface area contributed by atoms with E-state index in [2.05, 4.69) is 15.6 Å². The van der Waals surface area contributed by atoms with E-state index in [4.69, 9.17) is 9.47 Å². The molecule has 0 saturated heterocycles. The zero-order valence-corrected chi connectivity index (χ0v) is 17.7. The second-order valence-electron chi connectivity index (χ2n) is 7.36. The highest BCUT2D eigenvalue weighted by Gasteiger charge is 2.26. The van der Waals surface area contributed by atoms with Crippen LogP contribution < -0.4 is 15.4 Å². The number of pyridine rings is 1. The second kappa shape index (κ2) is 8.47. The van der Waals surface area contributed by atoms with Gasteiger partial charge in [0.1, 0.15) is 11.5 Å².